The van der Waals surface area contributed by atoms with Gasteiger partial charge in [0, 0.05) is 5.75 Å². The summed E-state index contributed by atoms with van der Waals surface area (Å²) in [5.41, 5.74) is 5.19. The van der Waals surface area contributed by atoms with Crippen LogP contribution in [-0.2, 0) is 10.5 Å². The fraction of sp³-hybridized carbons (Fsp3) is 0.222. The molecule has 3 heteroatoms. The predicted octanol–water partition coefficient (Wildman–Crippen LogP) is 4.36. The zero-order valence-electron chi connectivity index (χ0n) is 12.2. The number of hydrogen-bond acceptors (Lipinski definition) is 3. The minimum absolute atomic E-state index is 0.213. The number of ketones is 1. The van der Waals surface area contributed by atoms with Gasteiger partial charge in [-0.25, -0.2) is 0 Å². The monoisotopic (exact) mass is 295 g/mol. The lowest BCUT2D eigenvalue weighted by Crippen LogP contribution is -1.93. The van der Waals surface area contributed by atoms with Crippen LogP contribution < -0.4 is 0 Å². The van der Waals surface area contributed by atoms with Gasteiger partial charge in [-0.05, 0) is 42.2 Å². The average Bonchev–Trinajstić information content (AvgIpc) is 2.47. The highest BCUT2D eigenvalue weighted by molar-refractivity contribution is 7.99. The fourth-order valence-electron chi connectivity index (χ4n) is 2.07. The quantitative estimate of drug-likeness (QED) is 0.823. The molecule has 21 heavy (non-hydrogen) atoms. The second-order valence-corrected chi connectivity index (χ2v) is 6.02. The first kappa shape index (κ1) is 15.3. The van der Waals surface area contributed by atoms with Crippen molar-refractivity contribution in [2.45, 2.75) is 19.6 Å². The molecule has 0 spiro atoms. The van der Waals surface area contributed by atoms with Crippen LogP contribution in [0.25, 0.3) is 11.1 Å². The molecule has 0 atom stereocenters. The minimum Gasteiger partial charge on any atom is -0.299 e. The first-order valence-corrected chi connectivity index (χ1v) is 7.93. The van der Waals surface area contributed by atoms with Gasteiger partial charge in [0.05, 0.1) is 17.4 Å². The Morgan fingerprint density at radius 2 is 1.81 bits per heavy atom. The number of carbonyl (C=O) groups excluding carboxylic acids is 1. The zero-order valence-corrected chi connectivity index (χ0v) is 13.0. The Morgan fingerprint density at radius 1 is 1.14 bits per heavy atom. The Hall–Kier alpha value is -2.05. The first-order chi connectivity index (χ1) is 10.1. The molecule has 0 aliphatic rings. The van der Waals surface area contributed by atoms with Crippen LogP contribution in [0.5, 0.6) is 0 Å². The second kappa shape index (κ2) is 7.10. The molecule has 0 fully saturated rings. The number of hydrogen-bond donors (Lipinski definition) is 0. The maximum absolute atomic E-state index is 10.9. The van der Waals surface area contributed by atoms with E-state index in [1.807, 2.05) is 25.1 Å². The van der Waals surface area contributed by atoms with Crippen LogP contribution in [0.15, 0.2) is 42.5 Å². The number of rotatable bonds is 5. The number of nitriles is 1. The lowest BCUT2D eigenvalue weighted by atomic mass is 10.00. The van der Waals surface area contributed by atoms with Crippen LogP contribution in [0.1, 0.15) is 23.6 Å². The van der Waals surface area contributed by atoms with E-state index < -0.39 is 0 Å². The third-order valence-electron chi connectivity index (χ3n) is 3.21. The summed E-state index contributed by atoms with van der Waals surface area (Å²) in [6.07, 6.45) is 0. The van der Waals surface area contributed by atoms with Crippen molar-refractivity contribution in [3.8, 4) is 17.2 Å². The third kappa shape index (κ3) is 4.21. The van der Waals surface area contributed by atoms with Gasteiger partial charge in [-0.2, -0.15) is 5.26 Å². The van der Waals surface area contributed by atoms with E-state index in [0.29, 0.717) is 5.75 Å². The van der Waals surface area contributed by atoms with E-state index in [-0.39, 0.29) is 5.78 Å². The molecule has 2 aromatic carbocycles. The van der Waals surface area contributed by atoms with Crippen molar-refractivity contribution in [1.82, 2.24) is 0 Å². The van der Waals surface area contributed by atoms with Gasteiger partial charge < -0.3 is 0 Å². The summed E-state index contributed by atoms with van der Waals surface area (Å²) in [7, 11) is 0. The molecule has 0 bridgehead atoms. The van der Waals surface area contributed by atoms with Gasteiger partial charge in [0.15, 0.2) is 0 Å². The average molecular weight is 295 g/mol. The summed E-state index contributed by atoms with van der Waals surface area (Å²) < 4.78 is 0. The lowest BCUT2D eigenvalue weighted by molar-refractivity contribution is -0.114. The van der Waals surface area contributed by atoms with E-state index >= 15 is 0 Å². The SMILES string of the molecule is CC(=O)CSCc1ccc(-c2ccc(C#N)c(C)c2)cc1. The normalized spacial score (nSPS) is 10.1. The van der Waals surface area contributed by atoms with E-state index in [2.05, 4.69) is 30.3 Å². The summed E-state index contributed by atoms with van der Waals surface area (Å²) in [6.45, 7) is 3.57. The Morgan fingerprint density at radius 3 is 2.38 bits per heavy atom. The van der Waals surface area contributed by atoms with Crippen molar-refractivity contribution < 1.29 is 4.79 Å². The fourth-order valence-corrected chi connectivity index (χ4v) is 2.89. The van der Waals surface area contributed by atoms with Gasteiger partial charge in [0.2, 0.25) is 0 Å². The molecule has 106 valence electrons. The van der Waals surface area contributed by atoms with Crippen molar-refractivity contribution in [1.29, 1.82) is 5.26 Å². The highest BCUT2D eigenvalue weighted by Crippen LogP contribution is 2.23. The molecular weight excluding hydrogens is 278 g/mol. The van der Waals surface area contributed by atoms with E-state index in [9.17, 15) is 4.79 Å². The van der Waals surface area contributed by atoms with Gasteiger partial charge in [0.25, 0.3) is 0 Å². The van der Waals surface area contributed by atoms with Crippen molar-refractivity contribution in [2.75, 3.05) is 5.75 Å². The van der Waals surface area contributed by atoms with Gasteiger partial charge in [-0.1, -0.05) is 36.4 Å². The molecule has 0 N–H and O–H groups in total. The largest absolute Gasteiger partial charge is 0.299 e. The van der Waals surface area contributed by atoms with Gasteiger partial charge in [-0.15, -0.1) is 11.8 Å². The van der Waals surface area contributed by atoms with Crippen LogP contribution in [0.3, 0.4) is 0 Å². The molecule has 0 heterocycles. The van der Waals surface area contributed by atoms with E-state index in [1.165, 1.54) is 5.56 Å². The summed E-state index contributed by atoms with van der Waals surface area (Å²) in [4.78, 5) is 10.9. The number of nitrogens with zero attached hydrogens (tertiary/aromatic N) is 1. The van der Waals surface area contributed by atoms with Crippen molar-refractivity contribution in [2.24, 2.45) is 0 Å². The van der Waals surface area contributed by atoms with Crippen LogP contribution in [0, 0.1) is 18.3 Å². The molecule has 0 amide bonds. The van der Waals surface area contributed by atoms with Crippen molar-refractivity contribution in [3.05, 3.63) is 59.2 Å². The molecule has 0 aliphatic heterocycles. The number of benzene rings is 2. The smallest absolute Gasteiger partial charge is 0.139 e. The maximum Gasteiger partial charge on any atom is 0.139 e. The molecule has 0 radical (unpaired) electrons. The number of Topliss-reactive ketones (excluding diaryl/α,β-unsaturated/α-hetero) is 1. The van der Waals surface area contributed by atoms with Crippen molar-refractivity contribution in [3.63, 3.8) is 0 Å². The van der Waals surface area contributed by atoms with E-state index in [4.69, 9.17) is 5.26 Å². The van der Waals surface area contributed by atoms with Crippen LogP contribution in [-0.4, -0.2) is 11.5 Å². The third-order valence-corrected chi connectivity index (χ3v) is 4.36. The van der Waals surface area contributed by atoms with Crippen molar-refractivity contribution >= 4 is 17.5 Å². The molecular formula is C18H17NOS. The van der Waals surface area contributed by atoms with Gasteiger partial charge in [0.1, 0.15) is 5.78 Å². The van der Waals surface area contributed by atoms with Crippen LogP contribution >= 0.6 is 11.8 Å². The molecule has 2 rings (SSSR count). The lowest BCUT2D eigenvalue weighted by Gasteiger charge is -2.06. The van der Waals surface area contributed by atoms with Gasteiger partial charge in [-0.3, -0.25) is 4.79 Å². The summed E-state index contributed by atoms with van der Waals surface area (Å²) in [5.74, 6) is 1.63. The Kier molecular flexibility index (Phi) is 5.19. The first-order valence-electron chi connectivity index (χ1n) is 6.77. The van der Waals surface area contributed by atoms with E-state index in [0.717, 1.165) is 28.0 Å². The minimum atomic E-state index is 0.213. The summed E-state index contributed by atoms with van der Waals surface area (Å²) in [5, 5.41) is 8.96. The standard InChI is InChI=1S/C18H17NOS/c1-13-9-17(7-8-18(13)10-19)16-5-3-15(4-6-16)12-21-11-14(2)20/h3-9H,11-12H2,1-2H3. The van der Waals surface area contributed by atoms with Crippen LogP contribution in [0.2, 0.25) is 0 Å². The highest BCUT2D eigenvalue weighted by atomic mass is 32.2. The summed E-state index contributed by atoms with van der Waals surface area (Å²) >= 11 is 1.64. The predicted molar refractivity (Wildman–Crippen MR) is 88.2 cm³/mol. The van der Waals surface area contributed by atoms with Crippen LogP contribution in [0.4, 0.5) is 0 Å². The van der Waals surface area contributed by atoms with E-state index in [1.54, 1.807) is 18.7 Å². The zero-order chi connectivity index (χ0) is 15.2. The molecule has 0 aliphatic carbocycles. The molecule has 0 saturated carbocycles. The Labute approximate surface area is 129 Å². The number of carbonyl (C=O) groups is 1. The topological polar surface area (TPSA) is 40.9 Å². The molecule has 0 unspecified atom stereocenters. The maximum atomic E-state index is 10.9. The Balaban J connectivity index is 2.10. The molecule has 2 nitrogen and oxygen atoms in total. The number of aryl methyl sites for hydroxylation is 1. The Bertz CT molecular complexity index is 683. The van der Waals surface area contributed by atoms with Gasteiger partial charge >= 0.3 is 0 Å². The summed E-state index contributed by atoms with van der Waals surface area (Å²) in [6, 6.07) is 16.4. The molecule has 0 aromatic heterocycles. The molecule has 2 aromatic rings. The second-order valence-electron chi connectivity index (χ2n) is 5.03. The molecule has 0 saturated heterocycles. The highest BCUT2D eigenvalue weighted by Gasteiger charge is 2.02. The number of thioether (sulfide) groups is 1.